The van der Waals surface area contributed by atoms with Crippen LogP contribution in [-0.4, -0.2) is 37.0 Å². The highest BCUT2D eigenvalue weighted by molar-refractivity contribution is 5.91. The first kappa shape index (κ1) is 19.8. The molecule has 6 nitrogen and oxygen atoms in total. The van der Waals surface area contributed by atoms with Gasteiger partial charge in [-0.2, -0.15) is 0 Å². The molecule has 1 unspecified atom stereocenters. The summed E-state index contributed by atoms with van der Waals surface area (Å²) >= 11 is 0. The second kappa shape index (κ2) is 8.09. The molecule has 6 heteroatoms. The Bertz CT molecular complexity index is 828. The van der Waals surface area contributed by atoms with E-state index in [1.54, 1.807) is 14.2 Å². The second-order valence-corrected chi connectivity index (χ2v) is 8.25. The molecule has 1 aliphatic heterocycles. The highest BCUT2D eigenvalue weighted by Crippen LogP contribution is 2.50. The van der Waals surface area contributed by atoms with Gasteiger partial charge in [-0.15, -0.1) is 0 Å². The SMILES string of the molecule is COc1cccc(CNC(=O)C23CCC=C2N(C2CCCC2)C(=O)CC3)c1OC. The van der Waals surface area contributed by atoms with Crippen molar-refractivity contribution in [1.29, 1.82) is 0 Å². The van der Waals surface area contributed by atoms with E-state index >= 15 is 0 Å². The van der Waals surface area contributed by atoms with Crippen molar-refractivity contribution in [3.8, 4) is 11.5 Å². The van der Waals surface area contributed by atoms with Crippen LogP contribution >= 0.6 is 0 Å². The van der Waals surface area contributed by atoms with Crippen LogP contribution in [0, 0.1) is 5.41 Å². The number of methoxy groups -OCH3 is 2. The standard InChI is InChI=1S/C23H30N2O4/c1-28-18-10-5-7-16(21(18)29-2)15-24-22(27)23-13-6-11-19(23)25(20(26)12-14-23)17-8-3-4-9-17/h5,7,10-11,17H,3-4,6,8-9,12-15H2,1-2H3,(H,24,27). The molecule has 1 aromatic carbocycles. The first-order chi connectivity index (χ1) is 14.1. The Balaban J connectivity index is 1.54. The van der Waals surface area contributed by atoms with Crippen LogP contribution in [0.5, 0.6) is 11.5 Å². The monoisotopic (exact) mass is 398 g/mol. The number of carbonyl (C=O) groups excluding carboxylic acids is 2. The quantitative estimate of drug-likeness (QED) is 0.796. The summed E-state index contributed by atoms with van der Waals surface area (Å²) in [5, 5.41) is 3.13. The Kier molecular flexibility index (Phi) is 5.52. The third-order valence-electron chi connectivity index (χ3n) is 6.74. The molecule has 156 valence electrons. The lowest BCUT2D eigenvalue weighted by molar-refractivity contribution is -0.141. The van der Waals surface area contributed by atoms with Gasteiger partial charge in [0.25, 0.3) is 0 Å². The number of para-hydroxylation sites is 1. The van der Waals surface area contributed by atoms with Crippen LogP contribution in [0.3, 0.4) is 0 Å². The van der Waals surface area contributed by atoms with Crippen molar-refractivity contribution < 1.29 is 19.1 Å². The maximum Gasteiger partial charge on any atom is 0.232 e. The zero-order chi connectivity index (χ0) is 20.4. The summed E-state index contributed by atoms with van der Waals surface area (Å²) in [5.41, 5.74) is 1.25. The Morgan fingerprint density at radius 2 is 2.00 bits per heavy atom. The fourth-order valence-electron chi connectivity index (χ4n) is 5.28. The van der Waals surface area contributed by atoms with E-state index in [-0.39, 0.29) is 17.9 Å². The Labute approximate surface area is 172 Å². The third-order valence-corrected chi connectivity index (χ3v) is 6.74. The number of hydrogen-bond donors (Lipinski definition) is 1. The highest BCUT2D eigenvalue weighted by atomic mass is 16.5. The Hall–Kier alpha value is -2.50. The molecule has 1 heterocycles. The van der Waals surface area contributed by atoms with E-state index in [4.69, 9.17) is 9.47 Å². The number of fused-ring (bicyclic) bond motifs is 1. The molecule has 1 saturated heterocycles. The molecule has 2 fully saturated rings. The molecule has 2 aliphatic carbocycles. The topological polar surface area (TPSA) is 67.9 Å². The van der Waals surface area contributed by atoms with Crippen molar-refractivity contribution in [3.63, 3.8) is 0 Å². The van der Waals surface area contributed by atoms with E-state index in [9.17, 15) is 9.59 Å². The molecular weight excluding hydrogens is 368 g/mol. The molecule has 0 aromatic heterocycles. The smallest absolute Gasteiger partial charge is 0.232 e. The summed E-state index contributed by atoms with van der Waals surface area (Å²) in [6, 6.07) is 5.92. The third kappa shape index (κ3) is 3.38. The van der Waals surface area contributed by atoms with E-state index < -0.39 is 5.41 Å². The molecule has 0 spiro atoms. The fraction of sp³-hybridized carbons (Fsp3) is 0.565. The number of hydrogen-bond acceptors (Lipinski definition) is 4. The maximum atomic E-state index is 13.4. The Morgan fingerprint density at radius 1 is 1.21 bits per heavy atom. The predicted octanol–water partition coefficient (Wildman–Crippen LogP) is 3.55. The van der Waals surface area contributed by atoms with Crippen molar-refractivity contribution >= 4 is 11.8 Å². The van der Waals surface area contributed by atoms with Crippen LogP contribution < -0.4 is 14.8 Å². The molecule has 3 aliphatic rings. The summed E-state index contributed by atoms with van der Waals surface area (Å²) in [6.07, 6.45) is 9.21. The fourth-order valence-corrected chi connectivity index (χ4v) is 5.28. The number of nitrogens with zero attached hydrogens (tertiary/aromatic N) is 1. The number of piperidine rings is 1. The van der Waals surface area contributed by atoms with Gasteiger partial charge in [0.2, 0.25) is 11.8 Å². The van der Waals surface area contributed by atoms with E-state index in [1.165, 1.54) is 0 Å². The molecule has 1 atom stereocenters. The highest BCUT2D eigenvalue weighted by Gasteiger charge is 2.52. The summed E-state index contributed by atoms with van der Waals surface area (Å²) in [5.74, 6) is 1.49. The second-order valence-electron chi connectivity index (χ2n) is 8.25. The van der Waals surface area contributed by atoms with Gasteiger partial charge in [-0.25, -0.2) is 0 Å². The van der Waals surface area contributed by atoms with Crippen LogP contribution in [0.25, 0.3) is 0 Å². The van der Waals surface area contributed by atoms with E-state index in [0.29, 0.717) is 30.9 Å². The van der Waals surface area contributed by atoms with Crippen molar-refractivity contribution in [2.24, 2.45) is 5.41 Å². The predicted molar refractivity (Wildman–Crippen MR) is 109 cm³/mol. The van der Waals surface area contributed by atoms with Crippen LogP contribution in [0.4, 0.5) is 0 Å². The van der Waals surface area contributed by atoms with Gasteiger partial charge >= 0.3 is 0 Å². The zero-order valence-corrected chi connectivity index (χ0v) is 17.3. The molecule has 1 aromatic rings. The number of nitrogens with one attached hydrogen (secondary N) is 1. The van der Waals surface area contributed by atoms with Crippen LogP contribution in [0.15, 0.2) is 30.0 Å². The summed E-state index contributed by atoms with van der Waals surface area (Å²) in [4.78, 5) is 28.2. The maximum absolute atomic E-state index is 13.4. The van der Waals surface area contributed by atoms with E-state index in [1.807, 2.05) is 23.1 Å². The minimum absolute atomic E-state index is 0.0154. The summed E-state index contributed by atoms with van der Waals surface area (Å²) in [6.45, 7) is 0.367. The minimum atomic E-state index is -0.581. The lowest BCUT2D eigenvalue weighted by Crippen LogP contribution is -2.52. The van der Waals surface area contributed by atoms with E-state index in [0.717, 1.165) is 49.8 Å². The number of carbonyl (C=O) groups is 2. The lowest BCUT2D eigenvalue weighted by Gasteiger charge is -2.44. The van der Waals surface area contributed by atoms with Gasteiger partial charge in [-0.05, 0) is 38.2 Å². The zero-order valence-electron chi connectivity index (χ0n) is 17.3. The Morgan fingerprint density at radius 3 is 2.72 bits per heavy atom. The van der Waals surface area contributed by atoms with Crippen LogP contribution in [-0.2, 0) is 16.1 Å². The van der Waals surface area contributed by atoms with Crippen molar-refractivity contribution in [2.45, 2.75) is 64.0 Å². The van der Waals surface area contributed by atoms with Gasteiger partial charge < -0.3 is 19.7 Å². The van der Waals surface area contributed by atoms with Crippen molar-refractivity contribution in [3.05, 3.63) is 35.5 Å². The number of amides is 2. The molecule has 2 amide bonds. The average molecular weight is 399 g/mol. The summed E-state index contributed by atoms with van der Waals surface area (Å²) < 4.78 is 10.8. The molecule has 0 bridgehead atoms. The van der Waals surface area contributed by atoms with Crippen LogP contribution in [0.2, 0.25) is 0 Å². The number of allylic oxidation sites excluding steroid dienone is 1. The molecule has 4 rings (SSSR count). The van der Waals surface area contributed by atoms with E-state index in [2.05, 4.69) is 11.4 Å². The largest absolute Gasteiger partial charge is 0.493 e. The molecular formula is C23H30N2O4. The van der Waals surface area contributed by atoms with Crippen LogP contribution in [0.1, 0.15) is 56.9 Å². The summed E-state index contributed by atoms with van der Waals surface area (Å²) in [7, 11) is 3.21. The molecule has 1 saturated carbocycles. The number of benzene rings is 1. The van der Waals surface area contributed by atoms with Gasteiger partial charge in [-0.1, -0.05) is 31.1 Å². The normalized spacial score (nSPS) is 24.3. The lowest BCUT2D eigenvalue weighted by atomic mass is 9.75. The van der Waals surface area contributed by atoms with Gasteiger partial charge in [0.05, 0.1) is 19.6 Å². The average Bonchev–Trinajstić information content (AvgIpc) is 3.42. The van der Waals surface area contributed by atoms with Gasteiger partial charge in [-0.3, -0.25) is 9.59 Å². The number of ether oxygens (including phenoxy) is 2. The number of likely N-dealkylation sites (tertiary alicyclic amines) is 1. The van der Waals surface area contributed by atoms with Gasteiger partial charge in [0.15, 0.2) is 11.5 Å². The van der Waals surface area contributed by atoms with Gasteiger partial charge in [0.1, 0.15) is 0 Å². The van der Waals surface area contributed by atoms with Gasteiger partial charge in [0, 0.05) is 30.3 Å². The first-order valence-corrected chi connectivity index (χ1v) is 10.6. The van der Waals surface area contributed by atoms with Crippen molar-refractivity contribution in [1.82, 2.24) is 10.2 Å². The van der Waals surface area contributed by atoms with Crippen molar-refractivity contribution in [2.75, 3.05) is 14.2 Å². The first-order valence-electron chi connectivity index (χ1n) is 10.6. The molecule has 1 N–H and O–H groups in total. The minimum Gasteiger partial charge on any atom is -0.493 e. The molecule has 0 radical (unpaired) electrons. The molecule has 29 heavy (non-hydrogen) atoms. The number of rotatable bonds is 6.